The Kier molecular flexibility index (Phi) is 2.26. The van der Waals surface area contributed by atoms with Crippen LogP contribution in [-0.2, 0) is 0 Å². The maximum Gasteiger partial charge on any atom is 0.253 e. The maximum atomic E-state index is 11.2. The van der Waals surface area contributed by atoms with Crippen molar-refractivity contribution in [1.29, 1.82) is 0 Å². The fraction of sp³-hybridized carbons (Fsp3) is 0.0833. The van der Waals surface area contributed by atoms with Gasteiger partial charge in [-0.05, 0) is 40.9 Å². The summed E-state index contributed by atoms with van der Waals surface area (Å²) in [5, 5.41) is 1.61. The SMILES string of the molecule is Cc1cccc2cccc(C(=O)Cl)c12. The van der Waals surface area contributed by atoms with E-state index in [9.17, 15) is 4.79 Å². The third kappa shape index (κ3) is 1.40. The molecule has 0 amide bonds. The first-order chi connectivity index (χ1) is 6.70. The molecular formula is C12H9ClO. The molecule has 70 valence electrons. The van der Waals surface area contributed by atoms with Crippen molar-refractivity contribution in [2.75, 3.05) is 0 Å². The van der Waals surface area contributed by atoms with Crippen molar-refractivity contribution in [2.24, 2.45) is 0 Å². The lowest BCUT2D eigenvalue weighted by Gasteiger charge is -2.04. The first kappa shape index (κ1) is 9.22. The minimum atomic E-state index is -0.398. The largest absolute Gasteiger partial charge is 0.276 e. The van der Waals surface area contributed by atoms with Gasteiger partial charge in [0.05, 0.1) is 0 Å². The summed E-state index contributed by atoms with van der Waals surface area (Å²) in [6.45, 7) is 1.98. The van der Waals surface area contributed by atoms with Gasteiger partial charge < -0.3 is 0 Å². The molecule has 0 saturated carbocycles. The summed E-state index contributed by atoms with van der Waals surface area (Å²) < 4.78 is 0. The summed E-state index contributed by atoms with van der Waals surface area (Å²) in [6.07, 6.45) is 0. The monoisotopic (exact) mass is 204 g/mol. The molecule has 0 heterocycles. The van der Waals surface area contributed by atoms with E-state index in [4.69, 9.17) is 11.6 Å². The summed E-state index contributed by atoms with van der Waals surface area (Å²) in [6, 6.07) is 11.5. The lowest BCUT2D eigenvalue weighted by molar-refractivity contribution is 0.108. The van der Waals surface area contributed by atoms with E-state index in [2.05, 4.69) is 0 Å². The molecule has 14 heavy (non-hydrogen) atoms. The highest BCUT2D eigenvalue weighted by Crippen LogP contribution is 2.23. The van der Waals surface area contributed by atoms with Gasteiger partial charge in [-0.1, -0.05) is 30.3 Å². The summed E-state index contributed by atoms with van der Waals surface area (Å²) in [4.78, 5) is 11.2. The Hall–Kier alpha value is -1.34. The average molecular weight is 205 g/mol. The first-order valence-electron chi connectivity index (χ1n) is 4.38. The number of hydrogen-bond donors (Lipinski definition) is 0. The van der Waals surface area contributed by atoms with Gasteiger partial charge in [-0.3, -0.25) is 4.79 Å². The number of aryl methyl sites for hydroxylation is 1. The maximum absolute atomic E-state index is 11.2. The summed E-state index contributed by atoms with van der Waals surface area (Å²) >= 11 is 5.52. The Morgan fingerprint density at radius 3 is 2.43 bits per heavy atom. The van der Waals surface area contributed by atoms with Crippen LogP contribution in [-0.4, -0.2) is 5.24 Å². The molecule has 0 N–H and O–H groups in total. The summed E-state index contributed by atoms with van der Waals surface area (Å²) in [7, 11) is 0. The molecule has 0 saturated heterocycles. The van der Waals surface area contributed by atoms with E-state index in [1.165, 1.54) is 0 Å². The topological polar surface area (TPSA) is 17.1 Å². The molecular weight excluding hydrogens is 196 g/mol. The third-order valence-electron chi connectivity index (χ3n) is 2.32. The minimum Gasteiger partial charge on any atom is -0.276 e. The first-order valence-corrected chi connectivity index (χ1v) is 4.76. The number of fused-ring (bicyclic) bond motifs is 1. The lowest BCUT2D eigenvalue weighted by atomic mass is 10.0. The zero-order chi connectivity index (χ0) is 10.1. The summed E-state index contributed by atoms with van der Waals surface area (Å²) in [5.74, 6) is 0. The van der Waals surface area contributed by atoms with Gasteiger partial charge >= 0.3 is 0 Å². The van der Waals surface area contributed by atoms with Gasteiger partial charge in [0.15, 0.2) is 0 Å². The van der Waals surface area contributed by atoms with Crippen LogP contribution in [0.25, 0.3) is 10.8 Å². The molecule has 2 aromatic rings. The van der Waals surface area contributed by atoms with Gasteiger partial charge in [-0.25, -0.2) is 0 Å². The fourth-order valence-electron chi connectivity index (χ4n) is 1.69. The molecule has 0 aliphatic rings. The zero-order valence-corrected chi connectivity index (χ0v) is 8.51. The van der Waals surface area contributed by atoms with E-state index >= 15 is 0 Å². The van der Waals surface area contributed by atoms with Crippen LogP contribution in [0.1, 0.15) is 15.9 Å². The van der Waals surface area contributed by atoms with E-state index in [-0.39, 0.29) is 0 Å². The van der Waals surface area contributed by atoms with Crippen molar-refractivity contribution < 1.29 is 4.79 Å². The Morgan fingerprint density at radius 1 is 1.14 bits per heavy atom. The normalized spacial score (nSPS) is 10.4. The Balaban J connectivity index is 2.91. The van der Waals surface area contributed by atoms with Crippen molar-refractivity contribution in [2.45, 2.75) is 6.92 Å². The molecule has 0 aromatic heterocycles. The van der Waals surface area contributed by atoms with E-state index in [0.717, 1.165) is 16.3 Å². The fourth-order valence-corrected chi connectivity index (χ4v) is 1.85. The Bertz CT molecular complexity index is 497. The van der Waals surface area contributed by atoms with Crippen LogP contribution >= 0.6 is 11.6 Å². The van der Waals surface area contributed by atoms with Crippen molar-refractivity contribution >= 4 is 27.6 Å². The molecule has 0 bridgehead atoms. The van der Waals surface area contributed by atoms with Gasteiger partial charge in [0.25, 0.3) is 5.24 Å². The van der Waals surface area contributed by atoms with E-state index in [0.29, 0.717) is 5.56 Å². The minimum absolute atomic E-state index is 0.398. The number of rotatable bonds is 1. The predicted octanol–water partition coefficient (Wildman–Crippen LogP) is 3.53. The molecule has 1 nitrogen and oxygen atoms in total. The van der Waals surface area contributed by atoms with Gasteiger partial charge in [0.2, 0.25) is 0 Å². The van der Waals surface area contributed by atoms with Crippen LogP contribution in [0.4, 0.5) is 0 Å². The van der Waals surface area contributed by atoms with E-state index < -0.39 is 5.24 Å². The quantitative estimate of drug-likeness (QED) is 0.650. The zero-order valence-electron chi connectivity index (χ0n) is 7.75. The summed E-state index contributed by atoms with van der Waals surface area (Å²) in [5.41, 5.74) is 1.66. The molecule has 0 fully saturated rings. The van der Waals surface area contributed by atoms with Crippen molar-refractivity contribution in [1.82, 2.24) is 0 Å². The molecule has 0 unspecified atom stereocenters. The van der Waals surface area contributed by atoms with Crippen LogP contribution in [0.5, 0.6) is 0 Å². The highest BCUT2D eigenvalue weighted by Gasteiger charge is 2.08. The average Bonchev–Trinajstić information content (AvgIpc) is 2.17. The standard InChI is InChI=1S/C12H9ClO/c1-8-4-2-5-9-6-3-7-10(11(8)9)12(13)14/h2-7H,1H3. The van der Waals surface area contributed by atoms with Crippen LogP contribution in [0.2, 0.25) is 0 Å². The van der Waals surface area contributed by atoms with E-state index in [1.807, 2.05) is 37.3 Å². The molecule has 0 aliphatic heterocycles. The lowest BCUT2D eigenvalue weighted by Crippen LogP contribution is -1.92. The number of carbonyl (C=O) groups is 1. The van der Waals surface area contributed by atoms with Crippen LogP contribution in [0.3, 0.4) is 0 Å². The van der Waals surface area contributed by atoms with E-state index in [1.54, 1.807) is 6.07 Å². The number of halogens is 1. The van der Waals surface area contributed by atoms with Crippen molar-refractivity contribution in [3.8, 4) is 0 Å². The second-order valence-electron chi connectivity index (χ2n) is 3.25. The third-order valence-corrected chi connectivity index (χ3v) is 2.53. The predicted molar refractivity (Wildman–Crippen MR) is 58.9 cm³/mol. The van der Waals surface area contributed by atoms with Gasteiger partial charge in [-0.15, -0.1) is 0 Å². The second-order valence-corrected chi connectivity index (χ2v) is 3.60. The van der Waals surface area contributed by atoms with Crippen LogP contribution in [0.15, 0.2) is 36.4 Å². The molecule has 2 heteroatoms. The van der Waals surface area contributed by atoms with Gasteiger partial charge in [-0.2, -0.15) is 0 Å². The molecule has 0 atom stereocenters. The Labute approximate surface area is 87.3 Å². The number of benzene rings is 2. The van der Waals surface area contributed by atoms with Crippen LogP contribution in [0, 0.1) is 6.92 Å². The molecule has 0 radical (unpaired) electrons. The highest BCUT2D eigenvalue weighted by atomic mass is 35.5. The van der Waals surface area contributed by atoms with Crippen molar-refractivity contribution in [3.05, 3.63) is 47.5 Å². The number of hydrogen-bond acceptors (Lipinski definition) is 1. The number of carbonyl (C=O) groups excluding carboxylic acids is 1. The smallest absolute Gasteiger partial charge is 0.253 e. The molecule has 2 aromatic carbocycles. The second kappa shape index (κ2) is 3.43. The Morgan fingerprint density at radius 2 is 1.79 bits per heavy atom. The highest BCUT2D eigenvalue weighted by molar-refractivity contribution is 6.68. The van der Waals surface area contributed by atoms with Gasteiger partial charge in [0.1, 0.15) is 0 Å². The molecule has 2 rings (SSSR count). The van der Waals surface area contributed by atoms with Crippen LogP contribution < -0.4 is 0 Å². The van der Waals surface area contributed by atoms with Crippen molar-refractivity contribution in [3.63, 3.8) is 0 Å². The molecule has 0 spiro atoms. The van der Waals surface area contributed by atoms with Gasteiger partial charge in [0, 0.05) is 5.56 Å². The molecule has 0 aliphatic carbocycles.